The maximum Gasteiger partial charge on any atom is 0.191 e. The van der Waals surface area contributed by atoms with Gasteiger partial charge in [-0.1, -0.05) is 17.8 Å². The molecule has 2 aromatic heterocycles. The Morgan fingerprint density at radius 1 is 1.30 bits per heavy atom. The van der Waals surface area contributed by atoms with Crippen LogP contribution in [0.5, 0.6) is 5.75 Å². The van der Waals surface area contributed by atoms with E-state index in [0.29, 0.717) is 23.1 Å². The average molecular weight is 399 g/mol. The van der Waals surface area contributed by atoms with Gasteiger partial charge in [0.2, 0.25) is 0 Å². The Kier molecular flexibility index (Phi) is 5.43. The fourth-order valence-corrected chi connectivity index (χ4v) is 4.26. The van der Waals surface area contributed by atoms with Crippen LogP contribution in [-0.4, -0.2) is 38.3 Å². The fourth-order valence-electron chi connectivity index (χ4n) is 2.65. The van der Waals surface area contributed by atoms with E-state index < -0.39 is 6.10 Å². The molecule has 4 rings (SSSR count). The van der Waals surface area contributed by atoms with Crippen molar-refractivity contribution >= 4 is 23.1 Å². The lowest BCUT2D eigenvalue weighted by Gasteiger charge is -2.13. The first-order valence-corrected chi connectivity index (χ1v) is 10.5. The van der Waals surface area contributed by atoms with Crippen molar-refractivity contribution in [3.8, 4) is 22.5 Å². The number of aliphatic hydroxyl groups excluding tert-OH is 1. The zero-order chi connectivity index (χ0) is 18.6. The molecule has 1 aliphatic carbocycles. The molecule has 0 aliphatic heterocycles. The van der Waals surface area contributed by atoms with E-state index >= 15 is 0 Å². The second-order valence-corrected chi connectivity index (χ2v) is 8.23. The molecule has 1 unspecified atom stereocenters. The van der Waals surface area contributed by atoms with Crippen LogP contribution in [0.15, 0.2) is 46.9 Å². The van der Waals surface area contributed by atoms with E-state index in [4.69, 9.17) is 10.00 Å². The van der Waals surface area contributed by atoms with Crippen molar-refractivity contribution in [2.45, 2.75) is 30.1 Å². The molecular formula is C19H18N4O2S2. The van der Waals surface area contributed by atoms with Gasteiger partial charge in [-0.3, -0.25) is 4.57 Å². The van der Waals surface area contributed by atoms with Crippen LogP contribution in [0, 0.1) is 11.3 Å². The van der Waals surface area contributed by atoms with Crippen LogP contribution in [0.1, 0.15) is 24.4 Å². The van der Waals surface area contributed by atoms with E-state index in [2.05, 4.69) is 26.9 Å². The van der Waals surface area contributed by atoms with Crippen molar-refractivity contribution < 1.29 is 9.84 Å². The Morgan fingerprint density at radius 2 is 2.11 bits per heavy atom. The number of thioether (sulfide) groups is 1. The zero-order valence-electron chi connectivity index (χ0n) is 14.5. The van der Waals surface area contributed by atoms with Crippen LogP contribution in [0.25, 0.3) is 10.7 Å². The van der Waals surface area contributed by atoms with E-state index in [-0.39, 0.29) is 6.61 Å². The summed E-state index contributed by atoms with van der Waals surface area (Å²) >= 11 is 3.16. The van der Waals surface area contributed by atoms with Gasteiger partial charge in [0, 0.05) is 11.8 Å². The van der Waals surface area contributed by atoms with Crippen LogP contribution < -0.4 is 4.74 Å². The standard InChI is InChI=1S/C19H18N4O2S2/c20-10-13-3-7-16(8-4-13)25-11-15(24)12-27-19-22-21-18(17-2-1-9-26-17)23(19)14-5-6-14/h1-4,7-9,14-15,24H,5-6,11-12H2. The molecule has 1 fully saturated rings. The molecule has 8 heteroatoms. The molecule has 27 heavy (non-hydrogen) atoms. The Labute approximate surface area is 165 Å². The van der Waals surface area contributed by atoms with E-state index in [0.717, 1.165) is 28.7 Å². The normalized spacial score (nSPS) is 14.7. The van der Waals surface area contributed by atoms with Gasteiger partial charge >= 0.3 is 0 Å². The van der Waals surface area contributed by atoms with Gasteiger partial charge in [-0.25, -0.2) is 0 Å². The van der Waals surface area contributed by atoms with Crippen LogP contribution in [-0.2, 0) is 0 Å². The van der Waals surface area contributed by atoms with Crippen molar-refractivity contribution in [3.63, 3.8) is 0 Å². The molecule has 2 heterocycles. The molecule has 1 aromatic carbocycles. The molecule has 0 radical (unpaired) electrons. The first kappa shape index (κ1) is 18.0. The highest BCUT2D eigenvalue weighted by atomic mass is 32.2. The summed E-state index contributed by atoms with van der Waals surface area (Å²) in [5, 5.41) is 30.7. The summed E-state index contributed by atoms with van der Waals surface area (Å²) in [6, 6.07) is 13.5. The van der Waals surface area contributed by atoms with Crippen LogP contribution in [0.2, 0.25) is 0 Å². The van der Waals surface area contributed by atoms with Crippen molar-refractivity contribution in [2.75, 3.05) is 12.4 Å². The fraction of sp³-hybridized carbons (Fsp3) is 0.316. The summed E-state index contributed by atoms with van der Waals surface area (Å²) in [7, 11) is 0. The third-order valence-electron chi connectivity index (χ3n) is 4.15. The van der Waals surface area contributed by atoms with E-state index in [1.165, 1.54) is 11.8 Å². The minimum atomic E-state index is -0.625. The van der Waals surface area contributed by atoms with Crippen molar-refractivity contribution in [3.05, 3.63) is 47.3 Å². The van der Waals surface area contributed by atoms with Gasteiger partial charge in [0.05, 0.1) is 22.6 Å². The van der Waals surface area contributed by atoms with Crippen molar-refractivity contribution in [2.24, 2.45) is 0 Å². The molecule has 1 atom stereocenters. The summed E-state index contributed by atoms with van der Waals surface area (Å²) in [5.74, 6) is 2.03. The predicted molar refractivity (Wildman–Crippen MR) is 105 cm³/mol. The van der Waals surface area contributed by atoms with Crippen molar-refractivity contribution in [1.82, 2.24) is 14.8 Å². The number of nitrogens with zero attached hydrogens (tertiary/aromatic N) is 4. The lowest BCUT2D eigenvalue weighted by Crippen LogP contribution is -2.20. The Balaban J connectivity index is 1.35. The molecule has 3 aromatic rings. The molecule has 0 saturated heterocycles. The number of nitriles is 1. The Bertz CT molecular complexity index is 928. The molecule has 1 saturated carbocycles. The van der Waals surface area contributed by atoms with Gasteiger partial charge in [-0.05, 0) is 48.6 Å². The predicted octanol–water partition coefficient (Wildman–Crippen LogP) is 3.75. The van der Waals surface area contributed by atoms with Gasteiger partial charge in [-0.2, -0.15) is 5.26 Å². The average Bonchev–Trinajstić information content (AvgIpc) is 3.22. The minimum Gasteiger partial charge on any atom is -0.491 e. The number of ether oxygens (including phenoxy) is 1. The number of benzene rings is 1. The highest BCUT2D eigenvalue weighted by molar-refractivity contribution is 7.99. The Morgan fingerprint density at radius 3 is 2.78 bits per heavy atom. The second-order valence-electron chi connectivity index (χ2n) is 6.30. The summed E-state index contributed by atoms with van der Waals surface area (Å²) < 4.78 is 7.80. The van der Waals surface area contributed by atoms with E-state index in [1.54, 1.807) is 35.6 Å². The van der Waals surface area contributed by atoms with E-state index in [9.17, 15) is 5.11 Å². The molecule has 6 nitrogen and oxygen atoms in total. The zero-order valence-corrected chi connectivity index (χ0v) is 16.1. The maximum atomic E-state index is 10.3. The number of aliphatic hydroxyl groups is 1. The summed E-state index contributed by atoms with van der Waals surface area (Å²) in [6.45, 7) is 0.189. The van der Waals surface area contributed by atoms with Gasteiger partial charge in [0.1, 0.15) is 12.4 Å². The smallest absolute Gasteiger partial charge is 0.191 e. The Hall–Kier alpha value is -2.34. The third kappa shape index (κ3) is 4.33. The second kappa shape index (κ2) is 8.13. The van der Waals surface area contributed by atoms with Crippen LogP contribution >= 0.6 is 23.1 Å². The lowest BCUT2D eigenvalue weighted by molar-refractivity contribution is 0.126. The molecular weight excluding hydrogens is 380 g/mol. The van der Waals surface area contributed by atoms with Crippen molar-refractivity contribution in [1.29, 1.82) is 5.26 Å². The van der Waals surface area contributed by atoms with Gasteiger partial charge < -0.3 is 9.84 Å². The summed E-state index contributed by atoms with van der Waals surface area (Å²) in [6.07, 6.45) is 1.67. The number of thiophene rings is 1. The molecule has 1 aliphatic rings. The molecule has 0 amide bonds. The van der Waals surface area contributed by atoms with Gasteiger partial charge in [0.15, 0.2) is 11.0 Å². The largest absolute Gasteiger partial charge is 0.491 e. The summed E-state index contributed by atoms with van der Waals surface area (Å²) in [5.41, 5.74) is 0.583. The van der Waals surface area contributed by atoms with Crippen LogP contribution in [0.3, 0.4) is 0 Å². The van der Waals surface area contributed by atoms with E-state index in [1.807, 2.05) is 11.4 Å². The number of hydrogen-bond acceptors (Lipinski definition) is 7. The monoisotopic (exact) mass is 398 g/mol. The van der Waals surface area contributed by atoms with Crippen LogP contribution in [0.4, 0.5) is 0 Å². The minimum absolute atomic E-state index is 0.189. The highest BCUT2D eigenvalue weighted by Gasteiger charge is 2.30. The highest BCUT2D eigenvalue weighted by Crippen LogP contribution is 2.41. The first-order chi connectivity index (χ1) is 13.2. The molecule has 0 spiro atoms. The molecule has 138 valence electrons. The SMILES string of the molecule is N#Cc1ccc(OCC(O)CSc2nnc(-c3cccs3)n2C2CC2)cc1. The summed E-state index contributed by atoms with van der Waals surface area (Å²) in [4.78, 5) is 1.12. The number of aromatic nitrogens is 3. The lowest BCUT2D eigenvalue weighted by atomic mass is 10.2. The first-order valence-electron chi connectivity index (χ1n) is 8.67. The quantitative estimate of drug-likeness (QED) is 0.582. The van der Waals surface area contributed by atoms with Gasteiger partial charge in [-0.15, -0.1) is 21.5 Å². The maximum absolute atomic E-state index is 10.3. The van der Waals surface area contributed by atoms with Gasteiger partial charge in [0.25, 0.3) is 0 Å². The molecule has 0 bridgehead atoms. The third-order valence-corrected chi connectivity index (χ3v) is 6.10. The number of hydrogen-bond donors (Lipinski definition) is 1. The topological polar surface area (TPSA) is 84.0 Å². The number of rotatable bonds is 8. The molecule has 1 N–H and O–H groups in total.